The number of benzene rings is 2. The number of hydrogen-bond donors (Lipinski definition) is 1. The molecule has 1 atom stereocenters. The summed E-state index contributed by atoms with van der Waals surface area (Å²) in [5.41, 5.74) is 2.73. The van der Waals surface area contributed by atoms with Crippen LogP contribution in [0.2, 0.25) is 0 Å². The summed E-state index contributed by atoms with van der Waals surface area (Å²) in [4.78, 5) is 0.117. The molecule has 0 saturated carbocycles. The van der Waals surface area contributed by atoms with Crippen LogP contribution in [0.3, 0.4) is 0 Å². The third-order valence-corrected chi connectivity index (χ3v) is 7.98. The van der Waals surface area contributed by atoms with Crippen molar-refractivity contribution < 1.29 is 24.4 Å². The summed E-state index contributed by atoms with van der Waals surface area (Å²) in [6.07, 6.45) is 2.61. The van der Waals surface area contributed by atoms with Gasteiger partial charge >= 0.3 is 0 Å². The Kier molecular flexibility index (Phi) is 6.16. The van der Waals surface area contributed by atoms with Crippen molar-refractivity contribution in [3.05, 3.63) is 53.1 Å². The monoisotopic (exact) mass is 446 g/mol. The lowest BCUT2D eigenvalue weighted by atomic mass is 10.0. The summed E-state index contributed by atoms with van der Waals surface area (Å²) < 4.78 is 48.2. The number of sulfonamides is 1. The van der Waals surface area contributed by atoms with Crippen molar-refractivity contribution in [1.29, 1.82) is 0 Å². The number of aliphatic hydroxyl groups is 1. The number of nitrogens with zero attached hydrogens (tertiary/aromatic N) is 1. The molecule has 2 aliphatic heterocycles. The first kappa shape index (κ1) is 20.8. The van der Waals surface area contributed by atoms with Crippen LogP contribution in [-0.2, 0) is 27.8 Å². The molecule has 168 valence electrons. The number of fused-ring (bicyclic) bond motifs is 1. The van der Waals surface area contributed by atoms with Gasteiger partial charge in [0.2, 0.25) is 0 Å². The zero-order chi connectivity index (χ0) is 22.9. The predicted molar refractivity (Wildman–Crippen MR) is 120 cm³/mol. The summed E-state index contributed by atoms with van der Waals surface area (Å²) >= 11 is 0. The van der Waals surface area contributed by atoms with E-state index in [1.807, 2.05) is 26.0 Å². The van der Waals surface area contributed by atoms with Crippen LogP contribution in [-0.4, -0.2) is 39.9 Å². The summed E-state index contributed by atoms with van der Waals surface area (Å²) in [6, 6.07) is 8.76. The second-order valence-electron chi connectivity index (χ2n) is 8.37. The molecular formula is C24H31NO5S. The standard InChI is InChI=1S/C24H31NO5S/c1-3-18-4-6-23-22(12-18)17(2)14-25(23)31(27,28)21-5-7-24(20(13-21)15-26)30-16-19-8-10-29-11-9-19/h4-7,12-13,17,19,26H,3,8-11,14-16H2,1-2H3/i12D. The molecule has 2 aromatic rings. The number of hydrogen-bond acceptors (Lipinski definition) is 5. The van der Waals surface area contributed by atoms with E-state index in [0.29, 0.717) is 42.1 Å². The van der Waals surface area contributed by atoms with E-state index in [-0.39, 0.29) is 17.4 Å². The van der Waals surface area contributed by atoms with E-state index in [1.165, 1.54) is 10.4 Å². The van der Waals surface area contributed by atoms with E-state index in [9.17, 15) is 13.5 Å². The maximum atomic E-state index is 13.5. The van der Waals surface area contributed by atoms with Gasteiger partial charge in [0.25, 0.3) is 10.0 Å². The van der Waals surface area contributed by atoms with Gasteiger partial charge in [-0.05, 0) is 60.6 Å². The fraction of sp³-hybridized carbons (Fsp3) is 0.500. The topological polar surface area (TPSA) is 76.1 Å². The second-order valence-corrected chi connectivity index (χ2v) is 10.2. The SMILES string of the molecule is [2H]c1c(CC)ccc2c1C(C)CN2S(=O)(=O)c1ccc(OCC2CCOCC2)c(CO)c1. The molecule has 0 aliphatic carbocycles. The van der Waals surface area contributed by atoms with Gasteiger partial charge in [0, 0.05) is 31.2 Å². The second kappa shape index (κ2) is 9.18. The molecule has 2 aliphatic rings. The summed E-state index contributed by atoms with van der Waals surface area (Å²) in [5.74, 6) is 0.848. The molecule has 1 fully saturated rings. The number of rotatable bonds is 7. The number of anilines is 1. The first-order valence-electron chi connectivity index (χ1n) is 11.5. The highest BCUT2D eigenvalue weighted by molar-refractivity contribution is 7.92. The van der Waals surface area contributed by atoms with Crippen LogP contribution in [0.15, 0.2) is 41.3 Å². The Balaban J connectivity index is 1.60. The first-order valence-corrected chi connectivity index (χ1v) is 12.4. The maximum absolute atomic E-state index is 13.5. The first-order chi connectivity index (χ1) is 15.4. The van der Waals surface area contributed by atoms with Gasteiger partial charge in [0.1, 0.15) is 5.75 Å². The molecule has 1 N–H and O–H groups in total. The van der Waals surface area contributed by atoms with E-state index in [0.717, 1.165) is 43.6 Å². The van der Waals surface area contributed by atoms with Gasteiger partial charge < -0.3 is 14.6 Å². The Bertz CT molecular complexity index is 1080. The molecule has 7 heteroatoms. The molecule has 4 rings (SSSR count). The zero-order valence-electron chi connectivity index (χ0n) is 19.1. The third kappa shape index (κ3) is 4.45. The highest BCUT2D eigenvalue weighted by atomic mass is 32.2. The molecule has 0 bridgehead atoms. The van der Waals surface area contributed by atoms with Gasteiger partial charge in [-0.2, -0.15) is 0 Å². The molecule has 0 spiro atoms. The minimum absolute atomic E-state index is 0.0573. The van der Waals surface area contributed by atoms with Gasteiger partial charge in [-0.1, -0.05) is 26.0 Å². The largest absolute Gasteiger partial charge is 0.493 e. The Morgan fingerprint density at radius 1 is 1.26 bits per heavy atom. The lowest BCUT2D eigenvalue weighted by molar-refractivity contribution is 0.0494. The average Bonchev–Trinajstić information content (AvgIpc) is 3.16. The summed E-state index contributed by atoms with van der Waals surface area (Å²) in [5, 5.41) is 9.87. The molecule has 0 radical (unpaired) electrons. The van der Waals surface area contributed by atoms with Crippen molar-refractivity contribution in [3.63, 3.8) is 0 Å². The molecule has 1 saturated heterocycles. The maximum Gasteiger partial charge on any atom is 0.264 e. The van der Waals surface area contributed by atoms with Crippen LogP contribution in [0.1, 0.15) is 50.7 Å². The van der Waals surface area contributed by atoms with Gasteiger partial charge in [0.15, 0.2) is 0 Å². The number of ether oxygens (including phenoxy) is 2. The Hall–Kier alpha value is -2.09. The van der Waals surface area contributed by atoms with Crippen molar-refractivity contribution in [2.24, 2.45) is 5.92 Å². The number of aliphatic hydroxyl groups excluding tert-OH is 1. The average molecular weight is 447 g/mol. The molecule has 2 heterocycles. The van der Waals surface area contributed by atoms with Crippen LogP contribution in [0, 0.1) is 5.92 Å². The van der Waals surface area contributed by atoms with Crippen molar-refractivity contribution in [3.8, 4) is 5.75 Å². The minimum atomic E-state index is -3.84. The highest BCUT2D eigenvalue weighted by Crippen LogP contribution is 2.40. The molecule has 0 amide bonds. The predicted octanol–water partition coefficient (Wildman–Crippen LogP) is 3.86. The molecular weight excluding hydrogens is 414 g/mol. The summed E-state index contributed by atoms with van der Waals surface area (Å²) in [7, 11) is -3.84. The highest BCUT2D eigenvalue weighted by Gasteiger charge is 2.35. The minimum Gasteiger partial charge on any atom is -0.493 e. The van der Waals surface area contributed by atoms with Crippen LogP contribution in [0.5, 0.6) is 5.75 Å². The van der Waals surface area contributed by atoms with Gasteiger partial charge in [-0.15, -0.1) is 0 Å². The third-order valence-electron chi connectivity index (χ3n) is 6.20. The van der Waals surface area contributed by atoms with Crippen LogP contribution in [0.4, 0.5) is 5.69 Å². The lowest BCUT2D eigenvalue weighted by Crippen LogP contribution is -2.29. The lowest BCUT2D eigenvalue weighted by Gasteiger charge is -2.23. The normalized spacial score (nSPS) is 19.9. The van der Waals surface area contributed by atoms with Crippen molar-refractivity contribution >= 4 is 15.7 Å². The van der Waals surface area contributed by atoms with Crippen LogP contribution < -0.4 is 9.04 Å². The van der Waals surface area contributed by atoms with E-state index >= 15 is 0 Å². The fourth-order valence-corrected chi connectivity index (χ4v) is 5.87. The molecule has 0 aromatic heterocycles. The van der Waals surface area contributed by atoms with E-state index in [1.54, 1.807) is 12.1 Å². The van der Waals surface area contributed by atoms with Crippen LogP contribution in [0.25, 0.3) is 0 Å². The van der Waals surface area contributed by atoms with E-state index in [2.05, 4.69) is 0 Å². The van der Waals surface area contributed by atoms with Gasteiger partial charge in [-0.25, -0.2) is 8.42 Å². The van der Waals surface area contributed by atoms with Crippen molar-refractivity contribution in [2.45, 2.75) is 50.5 Å². The smallest absolute Gasteiger partial charge is 0.264 e. The fourth-order valence-electron chi connectivity index (χ4n) is 4.24. The molecule has 6 nitrogen and oxygen atoms in total. The Labute approximate surface area is 186 Å². The Morgan fingerprint density at radius 3 is 2.74 bits per heavy atom. The quantitative estimate of drug-likeness (QED) is 0.699. The summed E-state index contributed by atoms with van der Waals surface area (Å²) in [6.45, 7) is 5.92. The van der Waals surface area contributed by atoms with E-state index in [4.69, 9.17) is 10.8 Å². The molecule has 31 heavy (non-hydrogen) atoms. The van der Waals surface area contributed by atoms with Crippen molar-refractivity contribution in [2.75, 3.05) is 30.7 Å². The van der Waals surface area contributed by atoms with Crippen LogP contribution >= 0.6 is 0 Å². The molecule has 1 unspecified atom stereocenters. The number of aryl methyl sites for hydroxylation is 1. The van der Waals surface area contributed by atoms with E-state index < -0.39 is 10.0 Å². The zero-order valence-corrected chi connectivity index (χ0v) is 19.0. The van der Waals surface area contributed by atoms with Gasteiger partial charge in [0.05, 0.1) is 25.2 Å². The molecule has 2 aromatic carbocycles. The van der Waals surface area contributed by atoms with Crippen molar-refractivity contribution in [1.82, 2.24) is 0 Å². The Morgan fingerprint density at radius 2 is 2.03 bits per heavy atom. The van der Waals surface area contributed by atoms with Gasteiger partial charge in [-0.3, -0.25) is 4.31 Å².